The third-order valence-electron chi connectivity index (χ3n) is 1.97. The number of amidine groups is 1. The van der Waals surface area contributed by atoms with Gasteiger partial charge in [0.1, 0.15) is 11.4 Å². The predicted octanol–water partition coefficient (Wildman–Crippen LogP) is 1.28. The van der Waals surface area contributed by atoms with Gasteiger partial charge in [0.05, 0.1) is 6.54 Å². The van der Waals surface area contributed by atoms with Crippen LogP contribution in [0.15, 0.2) is 4.99 Å². The van der Waals surface area contributed by atoms with E-state index in [1.807, 2.05) is 20.8 Å². The fraction of sp³-hybridized carbons (Fsp3) is 0.800. The third kappa shape index (κ3) is 4.70. The summed E-state index contributed by atoms with van der Waals surface area (Å²) in [4.78, 5) is 17.4. The lowest BCUT2D eigenvalue weighted by molar-refractivity contribution is 0.0270. The quantitative estimate of drug-likeness (QED) is 0.704. The van der Waals surface area contributed by atoms with Crippen molar-refractivity contribution in [3.63, 3.8) is 0 Å². The van der Waals surface area contributed by atoms with Crippen molar-refractivity contribution < 1.29 is 9.53 Å². The Morgan fingerprint density at radius 1 is 1.50 bits per heavy atom. The van der Waals surface area contributed by atoms with Crippen molar-refractivity contribution in [1.82, 2.24) is 10.2 Å². The molecule has 0 aromatic rings. The highest BCUT2D eigenvalue weighted by molar-refractivity contribution is 5.87. The summed E-state index contributed by atoms with van der Waals surface area (Å²) in [6.07, 6.45) is -0.273. The molecule has 1 N–H and O–H groups in total. The molecule has 0 aromatic carbocycles. The van der Waals surface area contributed by atoms with Crippen LogP contribution in [0.25, 0.3) is 0 Å². The van der Waals surface area contributed by atoms with Crippen LogP contribution in [0.3, 0.4) is 0 Å². The second-order valence-electron chi connectivity index (χ2n) is 4.50. The molecule has 0 atom stereocenters. The summed E-state index contributed by atoms with van der Waals surface area (Å²) < 4.78 is 5.27. The summed E-state index contributed by atoms with van der Waals surface area (Å²) in [5.74, 6) is 0.826. The van der Waals surface area contributed by atoms with Crippen LogP contribution in [0.5, 0.6) is 0 Å². The van der Waals surface area contributed by atoms with Crippen molar-refractivity contribution in [3.05, 3.63) is 0 Å². The Morgan fingerprint density at radius 3 is 2.62 bits per heavy atom. The Balaban J connectivity index is 0.00000225. The molecule has 1 saturated heterocycles. The van der Waals surface area contributed by atoms with Crippen LogP contribution in [0.2, 0.25) is 0 Å². The second kappa shape index (κ2) is 5.94. The van der Waals surface area contributed by atoms with Gasteiger partial charge in [-0.15, -0.1) is 12.4 Å². The molecule has 16 heavy (non-hydrogen) atoms. The van der Waals surface area contributed by atoms with Crippen molar-refractivity contribution in [3.8, 4) is 0 Å². The minimum atomic E-state index is -0.439. The summed E-state index contributed by atoms with van der Waals surface area (Å²) in [6.45, 7) is 7.48. The van der Waals surface area contributed by atoms with E-state index < -0.39 is 5.60 Å². The SMILES string of the molecule is CN=C1CN(C(=O)OC(C)(C)C)CCN1.Cl. The van der Waals surface area contributed by atoms with Gasteiger partial charge in [0.15, 0.2) is 0 Å². The van der Waals surface area contributed by atoms with Crippen LogP contribution in [-0.2, 0) is 4.74 Å². The van der Waals surface area contributed by atoms with E-state index >= 15 is 0 Å². The average Bonchev–Trinajstić information content (AvgIpc) is 2.15. The molecule has 1 amide bonds. The molecule has 0 radical (unpaired) electrons. The molecule has 1 rings (SSSR count). The van der Waals surface area contributed by atoms with E-state index in [2.05, 4.69) is 10.3 Å². The van der Waals surface area contributed by atoms with E-state index in [9.17, 15) is 4.79 Å². The van der Waals surface area contributed by atoms with Gasteiger partial charge in [-0.05, 0) is 20.8 Å². The fourth-order valence-electron chi connectivity index (χ4n) is 1.28. The number of nitrogens with zero attached hydrogens (tertiary/aromatic N) is 2. The number of aliphatic imine (C=N–C) groups is 1. The van der Waals surface area contributed by atoms with Crippen LogP contribution in [-0.4, -0.2) is 49.1 Å². The number of amides is 1. The minimum Gasteiger partial charge on any atom is -0.444 e. The molecular weight excluding hydrogens is 230 g/mol. The van der Waals surface area contributed by atoms with Crippen LogP contribution >= 0.6 is 12.4 Å². The molecule has 5 nitrogen and oxygen atoms in total. The number of piperazine rings is 1. The van der Waals surface area contributed by atoms with Crippen molar-refractivity contribution in [2.24, 2.45) is 4.99 Å². The van der Waals surface area contributed by atoms with Crippen molar-refractivity contribution in [1.29, 1.82) is 0 Å². The smallest absolute Gasteiger partial charge is 0.410 e. The normalized spacial score (nSPS) is 18.8. The molecule has 94 valence electrons. The zero-order valence-electron chi connectivity index (χ0n) is 10.2. The van der Waals surface area contributed by atoms with Gasteiger partial charge in [0.25, 0.3) is 0 Å². The molecule has 6 heteroatoms. The van der Waals surface area contributed by atoms with Crippen molar-refractivity contribution in [2.45, 2.75) is 26.4 Å². The Labute approximate surface area is 103 Å². The maximum Gasteiger partial charge on any atom is 0.410 e. The average molecular weight is 250 g/mol. The standard InChI is InChI=1S/C10H19N3O2.ClH/c1-10(2,3)15-9(14)13-6-5-12-8(7-13)11-4;/h5-7H2,1-4H3,(H,11,12);1H. The minimum absolute atomic E-state index is 0. The highest BCUT2D eigenvalue weighted by Gasteiger charge is 2.24. The molecule has 0 unspecified atom stereocenters. The second-order valence-corrected chi connectivity index (χ2v) is 4.50. The first-order chi connectivity index (χ1) is 6.92. The first-order valence-corrected chi connectivity index (χ1v) is 5.10. The maximum atomic E-state index is 11.7. The maximum absolute atomic E-state index is 11.7. The third-order valence-corrected chi connectivity index (χ3v) is 1.97. The summed E-state index contributed by atoms with van der Waals surface area (Å²) >= 11 is 0. The Morgan fingerprint density at radius 2 is 2.12 bits per heavy atom. The van der Waals surface area contributed by atoms with E-state index in [-0.39, 0.29) is 18.5 Å². The summed E-state index contributed by atoms with van der Waals surface area (Å²) in [6, 6.07) is 0. The van der Waals surface area contributed by atoms with Gasteiger partial charge >= 0.3 is 6.09 Å². The Bertz CT molecular complexity index is 274. The van der Waals surface area contributed by atoms with Gasteiger partial charge in [-0.1, -0.05) is 0 Å². The zero-order chi connectivity index (χ0) is 11.5. The van der Waals surface area contributed by atoms with Crippen molar-refractivity contribution in [2.75, 3.05) is 26.7 Å². The summed E-state index contributed by atoms with van der Waals surface area (Å²) in [7, 11) is 1.71. The lowest BCUT2D eigenvalue weighted by atomic mass is 10.2. The molecule has 1 heterocycles. The van der Waals surface area contributed by atoms with Gasteiger partial charge in [0.2, 0.25) is 0 Å². The van der Waals surface area contributed by atoms with E-state index in [0.717, 1.165) is 12.4 Å². The first kappa shape index (κ1) is 15.0. The monoisotopic (exact) mass is 249 g/mol. The van der Waals surface area contributed by atoms with Crippen molar-refractivity contribution >= 4 is 24.3 Å². The number of carbonyl (C=O) groups excluding carboxylic acids is 1. The number of carbonyl (C=O) groups is 1. The molecule has 0 spiro atoms. The Hall–Kier alpha value is -0.970. The molecule has 0 bridgehead atoms. The lowest BCUT2D eigenvalue weighted by Gasteiger charge is -2.31. The lowest BCUT2D eigenvalue weighted by Crippen LogP contribution is -2.51. The van der Waals surface area contributed by atoms with Crippen LogP contribution in [0.4, 0.5) is 4.79 Å². The van der Waals surface area contributed by atoms with Crippen LogP contribution < -0.4 is 5.32 Å². The molecular formula is C10H20ClN3O2. The number of hydrogen-bond acceptors (Lipinski definition) is 3. The van der Waals surface area contributed by atoms with Gasteiger partial charge in [-0.25, -0.2) is 4.79 Å². The summed E-state index contributed by atoms with van der Waals surface area (Å²) in [5.41, 5.74) is -0.439. The number of ether oxygens (including phenoxy) is 1. The van der Waals surface area contributed by atoms with Gasteiger partial charge in [0, 0.05) is 20.1 Å². The number of hydrogen-bond donors (Lipinski definition) is 1. The van der Waals surface area contributed by atoms with E-state index in [0.29, 0.717) is 13.1 Å². The van der Waals surface area contributed by atoms with E-state index in [1.165, 1.54) is 0 Å². The topological polar surface area (TPSA) is 53.9 Å². The number of halogens is 1. The molecule has 1 fully saturated rings. The molecule has 1 aliphatic rings. The molecule has 1 aliphatic heterocycles. The largest absolute Gasteiger partial charge is 0.444 e. The molecule has 0 aliphatic carbocycles. The predicted molar refractivity (Wildman–Crippen MR) is 66.4 cm³/mol. The first-order valence-electron chi connectivity index (χ1n) is 5.10. The molecule has 0 aromatic heterocycles. The van der Waals surface area contributed by atoms with Crippen LogP contribution in [0.1, 0.15) is 20.8 Å². The highest BCUT2D eigenvalue weighted by atomic mass is 35.5. The zero-order valence-corrected chi connectivity index (χ0v) is 11.1. The molecule has 0 saturated carbocycles. The summed E-state index contributed by atoms with van der Waals surface area (Å²) in [5, 5.41) is 3.12. The fourth-order valence-corrected chi connectivity index (χ4v) is 1.28. The van der Waals surface area contributed by atoms with E-state index in [1.54, 1.807) is 11.9 Å². The van der Waals surface area contributed by atoms with Gasteiger partial charge < -0.3 is 10.1 Å². The Kier molecular flexibility index (Phi) is 5.58. The van der Waals surface area contributed by atoms with Gasteiger partial charge in [-0.2, -0.15) is 0 Å². The highest BCUT2D eigenvalue weighted by Crippen LogP contribution is 2.10. The number of nitrogens with one attached hydrogen (secondary N) is 1. The van der Waals surface area contributed by atoms with E-state index in [4.69, 9.17) is 4.74 Å². The number of rotatable bonds is 0. The van der Waals surface area contributed by atoms with Gasteiger partial charge in [-0.3, -0.25) is 9.89 Å². The van der Waals surface area contributed by atoms with Crippen LogP contribution in [0, 0.1) is 0 Å².